The lowest BCUT2D eigenvalue weighted by Crippen LogP contribution is -2.33. The quantitative estimate of drug-likeness (QED) is 0.484. The third-order valence-corrected chi connectivity index (χ3v) is 6.49. The number of sulfonamides is 1. The summed E-state index contributed by atoms with van der Waals surface area (Å²) in [6.07, 6.45) is 0.614. The standard InChI is InChI=1S/C20H21N5O3S/c1-4-13-24(29(26,27)16-11-9-15(28-3)10-12-16)19-20-23-22-14(2)25(20)18-8-6-5-7-17(18)21-19/h5-12H,4,13H2,1-3H3. The highest BCUT2D eigenvalue weighted by Crippen LogP contribution is 2.29. The van der Waals surface area contributed by atoms with E-state index < -0.39 is 10.0 Å². The number of aryl methyl sites for hydroxylation is 1. The van der Waals surface area contributed by atoms with Gasteiger partial charge < -0.3 is 4.74 Å². The maximum Gasteiger partial charge on any atom is 0.265 e. The van der Waals surface area contributed by atoms with Crippen LogP contribution in [0.15, 0.2) is 53.4 Å². The molecule has 9 heteroatoms. The molecule has 0 bridgehead atoms. The topological polar surface area (TPSA) is 89.7 Å². The number of fused-ring (bicyclic) bond motifs is 3. The zero-order valence-electron chi connectivity index (χ0n) is 16.4. The molecule has 0 radical (unpaired) electrons. The maximum absolute atomic E-state index is 13.5. The van der Waals surface area contributed by atoms with E-state index >= 15 is 0 Å². The molecule has 0 N–H and O–H groups in total. The lowest BCUT2D eigenvalue weighted by molar-refractivity contribution is 0.414. The molecule has 0 spiro atoms. The normalized spacial score (nSPS) is 11.8. The molecular weight excluding hydrogens is 390 g/mol. The average Bonchev–Trinajstić information content (AvgIpc) is 3.13. The molecule has 150 valence electrons. The third-order valence-electron chi connectivity index (χ3n) is 4.68. The third kappa shape index (κ3) is 3.17. The molecule has 0 amide bonds. The molecule has 2 aromatic heterocycles. The number of rotatable bonds is 6. The Bertz CT molecular complexity index is 1280. The van der Waals surface area contributed by atoms with Crippen LogP contribution in [0.4, 0.5) is 5.82 Å². The van der Waals surface area contributed by atoms with E-state index in [0.717, 1.165) is 5.52 Å². The van der Waals surface area contributed by atoms with Gasteiger partial charge in [0, 0.05) is 6.54 Å². The first-order valence-corrected chi connectivity index (χ1v) is 10.7. The Morgan fingerprint density at radius 1 is 1.07 bits per heavy atom. The molecule has 4 aromatic rings. The zero-order valence-corrected chi connectivity index (χ0v) is 17.2. The summed E-state index contributed by atoms with van der Waals surface area (Å²) in [5.41, 5.74) is 1.91. The SMILES string of the molecule is CCCN(c1nc2ccccc2n2c(C)nnc12)S(=O)(=O)c1ccc(OC)cc1. The summed E-state index contributed by atoms with van der Waals surface area (Å²) in [6.45, 7) is 4.02. The number of ether oxygens (including phenoxy) is 1. The summed E-state index contributed by atoms with van der Waals surface area (Å²) in [5, 5.41) is 8.39. The number of hydrogen-bond acceptors (Lipinski definition) is 6. The van der Waals surface area contributed by atoms with Gasteiger partial charge in [-0.25, -0.2) is 17.7 Å². The summed E-state index contributed by atoms with van der Waals surface area (Å²) in [4.78, 5) is 4.82. The van der Waals surface area contributed by atoms with Crippen molar-refractivity contribution in [1.82, 2.24) is 19.6 Å². The highest BCUT2D eigenvalue weighted by atomic mass is 32.2. The summed E-state index contributed by atoms with van der Waals surface area (Å²) < 4.78 is 35.3. The van der Waals surface area contributed by atoms with Gasteiger partial charge in [0.25, 0.3) is 10.0 Å². The molecular formula is C20H21N5O3S. The number of aromatic nitrogens is 4. The van der Waals surface area contributed by atoms with Crippen molar-refractivity contribution in [2.24, 2.45) is 0 Å². The molecule has 0 unspecified atom stereocenters. The highest BCUT2D eigenvalue weighted by molar-refractivity contribution is 7.92. The van der Waals surface area contributed by atoms with Gasteiger partial charge in [0.05, 0.1) is 23.0 Å². The van der Waals surface area contributed by atoms with Crippen molar-refractivity contribution in [3.63, 3.8) is 0 Å². The second-order valence-corrected chi connectivity index (χ2v) is 8.45. The van der Waals surface area contributed by atoms with Crippen molar-refractivity contribution in [1.29, 1.82) is 0 Å². The Hall–Kier alpha value is -3.20. The van der Waals surface area contributed by atoms with Crippen molar-refractivity contribution < 1.29 is 13.2 Å². The molecule has 0 aliphatic heterocycles. The van der Waals surface area contributed by atoms with Crippen molar-refractivity contribution in [2.45, 2.75) is 25.2 Å². The minimum absolute atomic E-state index is 0.163. The highest BCUT2D eigenvalue weighted by Gasteiger charge is 2.29. The molecule has 0 aliphatic rings. The average molecular weight is 411 g/mol. The second-order valence-electron chi connectivity index (χ2n) is 6.58. The van der Waals surface area contributed by atoms with Crippen LogP contribution in [0.1, 0.15) is 19.2 Å². The Morgan fingerprint density at radius 2 is 1.79 bits per heavy atom. The fourth-order valence-electron chi connectivity index (χ4n) is 3.29. The van der Waals surface area contributed by atoms with Crippen LogP contribution in [-0.2, 0) is 10.0 Å². The first-order chi connectivity index (χ1) is 14.0. The van der Waals surface area contributed by atoms with E-state index in [9.17, 15) is 8.42 Å². The van der Waals surface area contributed by atoms with Gasteiger partial charge in [-0.2, -0.15) is 0 Å². The maximum atomic E-state index is 13.5. The van der Waals surface area contributed by atoms with Crippen LogP contribution in [0, 0.1) is 6.92 Å². The minimum Gasteiger partial charge on any atom is -0.497 e. The molecule has 4 rings (SSSR count). The van der Waals surface area contributed by atoms with E-state index in [1.807, 2.05) is 42.5 Å². The minimum atomic E-state index is -3.86. The van der Waals surface area contributed by atoms with Crippen LogP contribution >= 0.6 is 0 Å². The monoisotopic (exact) mass is 411 g/mol. The Morgan fingerprint density at radius 3 is 2.48 bits per heavy atom. The zero-order chi connectivity index (χ0) is 20.6. The largest absolute Gasteiger partial charge is 0.497 e. The van der Waals surface area contributed by atoms with Gasteiger partial charge in [0.15, 0.2) is 5.82 Å². The number of hydrogen-bond donors (Lipinski definition) is 0. The van der Waals surface area contributed by atoms with Crippen LogP contribution in [-0.4, -0.2) is 41.7 Å². The van der Waals surface area contributed by atoms with Gasteiger partial charge in [-0.3, -0.25) is 4.40 Å². The first-order valence-electron chi connectivity index (χ1n) is 9.24. The van der Waals surface area contributed by atoms with Crippen molar-refractivity contribution in [3.8, 4) is 5.75 Å². The van der Waals surface area contributed by atoms with Crippen LogP contribution in [0.5, 0.6) is 5.75 Å². The van der Waals surface area contributed by atoms with Crippen molar-refractivity contribution in [2.75, 3.05) is 18.0 Å². The van der Waals surface area contributed by atoms with Gasteiger partial charge >= 0.3 is 0 Å². The summed E-state index contributed by atoms with van der Waals surface area (Å²) in [6, 6.07) is 13.9. The first kappa shape index (κ1) is 19.1. The molecule has 29 heavy (non-hydrogen) atoms. The smallest absolute Gasteiger partial charge is 0.265 e. The van der Waals surface area contributed by atoms with Crippen LogP contribution in [0.2, 0.25) is 0 Å². The number of benzene rings is 2. The second kappa shape index (κ2) is 7.32. The fraction of sp³-hybridized carbons (Fsp3) is 0.250. The number of nitrogens with zero attached hydrogens (tertiary/aromatic N) is 5. The van der Waals surface area contributed by atoms with E-state index in [1.54, 1.807) is 12.1 Å². The van der Waals surface area contributed by atoms with Gasteiger partial charge in [0.1, 0.15) is 11.6 Å². The van der Waals surface area contributed by atoms with Gasteiger partial charge in [-0.1, -0.05) is 19.1 Å². The van der Waals surface area contributed by atoms with Gasteiger partial charge in [-0.05, 0) is 49.7 Å². The number of para-hydroxylation sites is 2. The van der Waals surface area contributed by atoms with Crippen molar-refractivity contribution >= 4 is 32.5 Å². The molecule has 2 heterocycles. The molecule has 2 aromatic carbocycles. The van der Waals surface area contributed by atoms with Crippen molar-refractivity contribution in [3.05, 3.63) is 54.4 Å². The Balaban J connectivity index is 1.96. The molecule has 0 saturated heterocycles. The fourth-order valence-corrected chi connectivity index (χ4v) is 4.80. The van der Waals surface area contributed by atoms with Crippen LogP contribution in [0.25, 0.3) is 16.7 Å². The lowest BCUT2D eigenvalue weighted by Gasteiger charge is -2.23. The summed E-state index contributed by atoms with van der Waals surface area (Å²) >= 11 is 0. The molecule has 0 fully saturated rings. The predicted molar refractivity (Wildman–Crippen MR) is 111 cm³/mol. The van der Waals surface area contributed by atoms with Gasteiger partial charge in [-0.15, -0.1) is 10.2 Å². The Kier molecular flexibility index (Phi) is 4.83. The van der Waals surface area contributed by atoms with E-state index in [0.29, 0.717) is 29.2 Å². The van der Waals surface area contributed by atoms with E-state index in [-0.39, 0.29) is 17.3 Å². The Labute approximate surface area is 168 Å². The van der Waals surface area contributed by atoms with Crippen LogP contribution < -0.4 is 9.04 Å². The predicted octanol–water partition coefficient (Wildman–Crippen LogP) is 3.20. The lowest BCUT2D eigenvalue weighted by atomic mass is 10.3. The summed E-state index contributed by atoms with van der Waals surface area (Å²) in [5.74, 6) is 1.52. The van der Waals surface area contributed by atoms with Gasteiger partial charge in [0.2, 0.25) is 5.65 Å². The molecule has 0 saturated carbocycles. The number of anilines is 1. The van der Waals surface area contributed by atoms with E-state index in [4.69, 9.17) is 4.74 Å². The van der Waals surface area contributed by atoms with Crippen LogP contribution in [0.3, 0.4) is 0 Å². The van der Waals surface area contributed by atoms with E-state index in [1.165, 1.54) is 23.5 Å². The summed E-state index contributed by atoms with van der Waals surface area (Å²) in [7, 11) is -2.32. The molecule has 0 aliphatic carbocycles. The molecule has 8 nitrogen and oxygen atoms in total. The number of methoxy groups -OCH3 is 1. The molecule has 0 atom stereocenters. The van der Waals surface area contributed by atoms with E-state index in [2.05, 4.69) is 15.2 Å².